The zero-order valence-electron chi connectivity index (χ0n) is 14.6. The van der Waals surface area contributed by atoms with Crippen LogP contribution in [-0.4, -0.2) is 11.8 Å². The van der Waals surface area contributed by atoms with E-state index in [0.717, 1.165) is 36.2 Å². The van der Waals surface area contributed by atoms with Crippen molar-refractivity contribution in [2.45, 2.75) is 45.4 Å². The van der Waals surface area contributed by atoms with Crippen LogP contribution in [0.25, 0.3) is 0 Å². The molecule has 0 unspecified atom stereocenters. The molecule has 1 heterocycles. The molecule has 0 atom stereocenters. The van der Waals surface area contributed by atoms with Gasteiger partial charge in [-0.3, -0.25) is 9.59 Å². The molecule has 0 bridgehead atoms. The van der Waals surface area contributed by atoms with Crippen molar-refractivity contribution >= 4 is 23.2 Å². The quantitative estimate of drug-likeness (QED) is 0.841. The number of carbonyl (C=O) groups excluding carboxylic acids is 2. The average molecular weight is 336 g/mol. The first-order valence-electron chi connectivity index (χ1n) is 8.99. The van der Waals surface area contributed by atoms with Gasteiger partial charge >= 0.3 is 0 Å². The molecule has 0 saturated heterocycles. The fourth-order valence-electron chi connectivity index (χ4n) is 3.05. The van der Waals surface area contributed by atoms with Gasteiger partial charge in [0, 0.05) is 23.4 Å². The highest BCUT2D eigenvalue weighted by Crippen LogP contribution is 2.24. The van der Waals surface area contributed by atoms with Crippen LogP contribution in [0.2, 0.25) is 0 Å². The highest BCUT2D eigenvalue weighted by molar-refractivity contribution is 6.05. The molecule has 0 saturated carbocycles. The van der Waals surface area contributed by atoms with Crippen LogP contribution in [0.3, 0.4) is 0 Å². The number of hydrogen-bond acceptors (Lipinski definition) is 2. The van der Waals surface area contributed by atoms with Crippen molar-refractivity contribution < 1.29 is 9.59 Å². The maximum absolute atomic E-state index is 12.5. The van der Waals surface area contributed by atoms with Crippen LogP contribution in [0, 0.1) is 0 Å². The standard InChI is InChI=1S/C21H24N2O2/c1-2-3-5-15-8-11-18(12-9-15)22-21(25)17-10-13-19-16(14-17)6-4-7-20(24)23-19/h8-14H,2-7H2,1H3,(H,22,25)(H,23,24). The minimum Gasteiger partial charge on any atom is -0.326 e. The van der Waals surface area contributed by atoms with Crippen LogP contribution in [0.5, 0.6) is 0 Å². The molecule has 0 aliphatic carbocycles. The van der Waals surface area contributed by atoms with Crippen molar-refractivity contribution in [1.29, 1.82) is 0 Å². The van der Waals surface area contributed by atoms with Crippen LogP contribution >= 0.6 is 0 Å². The summed E-state index contributed by atoms with van der Waals surface area (Å²) in [5, 5.41) is 5.84. The second-order valence-corrected chi connectivity index (χ2v) is 6.53. The fraction of sp³-hybridized carbons (Fsp3) is 0.333. The van der Waals surface area contributed by atoms with E-state index in [1.165, 1.54) is 18.4 Å². The molecule has 0 radical (unpaired) electrons. The van der Waals surface area contributed by atoms with E-state index in [4.69, 9.17) is 0 Å². The summed E-state index contributed by atoms with van der Waals surface area (Å²) >= 11 is 0. The second-order valence-electron chi connectivity index (χ2n) is 6.53. The Kier molecular flexibility index (Phi) is 5.49. The summed E-state index contributed by atoms with van der Waals surface area (Å²) < 4.78 is 0. The predicted octanol–water partition coefficient (Wildman–Crippen LogP) is 4.56. The summed E-state index contributed by atoms with van der Waals surface area (Å²) in [6.45, 7) is 2.18. The van der Waals surface area contributed by atoms with Crippen molar-refractivity contribution in [2.24, 2.45) is 0 Å². The Bertz CT molecular complexity index is 766. The van der Waals surface area contributed by atoms with Crippen LogP contribution in [0.15, 0.2) is 42.5 Å². The van der Waals surface area contributed by atoms with Crippen molar-refractivity contribution in [1.82, 2.24) is 0 Å². The summed E-state index contributed by atoms with van der Waals surface area (Å²) in [5.74, 6) is -0.0844. The van der Waals surface area contributed by atoms with Gasteiger partial charge in [-0.25, -0.2) is 0 Å². The molecule has 0 aromatic heterocycles. The molecule has 1 aliphatic heterocycles. The maximum atomic E-state index is 12.5. The Balaban J connectivity index is 1.69. The Morgan fingerprint density at radius 3 is 2.68 bits per heavy atom. The number of unbranched alkanes of at least 4 members (excludes halogenated alkanes) is 1. The number of benzene rings is 2. The molecule has 2 N–H and O–H groups in total. The first kappa shape index (κ1) is 17.2. The number of hydrogen-bond donors (Lipinski definition) is 2. The van der Waals surface area contributed by atoms with Gasteiger partial charge in [0.15, 0.2) is 0 Å². The first-order valence-corrected chi connectivity index (χ1v) is 8.99. The Morgan fingerprint density at radius 2 is 1.92 bits per heavy atom. The van der Waals surface area contributed by atoms with Gasteiger partial charge in [0.05, 0.1) is 0 Å². The SMILES string of the molecule is CCCCc1ccc(NC(=O)c2ccc3c(c2)CCCC(=O)N3)cc1. The minimum atomic E-state index is -0.125. The van der Waals surface area contributed by atoms with Crippen LogP contribution in [0.1, 0.15) is 54.1 Å². The minimum absolute atomic E-state index is 0.0408. The fourth-order valence-corrected chi connectivity index (χ4v) is 3.05. The van der Waals surface area contributed by atoms with Crippen molar-refractivity contribution in [3.05, 3.63) is 59.2 Å². The molecule has 4 nitrogen and oxygen atoms in total. The van der Waals surface area contributed by atoms with E-state index < -0.39 is 0 Å². The number of fused-ring (bicyclic) bond motifs is 1. The summed E-state index contributed by atoms with van der Waals surface area (Å²) in [4.78, 5) is 24.1. The van der Waals surface area contributed by atoms with E-state index in [9.17, 15) is 9.59 Å². The van der Waals surface area contributed by atoms with Gasteiger partial charge in [-0.05, 0) is 67.1 Å². The van der Waals surface area contributed by atoms with E-state index in [1.54, 1.807) is 6.07 Å². The normalized spacial score (nSPS) is 13.6. The predicted molar refractivity (Wildman–Crippen MR) is 101 cm³/mol. The van der Waals surface area contributed by atoms with E-state index in [1.807, 2.05) is 24.3 Å². The number of aryl methyl sites for hydroxylation is 2. The van der Waals surface area contributed by atoms with Gasteiger partial charge in [-0.1, -0.05) is 25.5 Å². The van der Waals surface area contributed by atoms with E-state index in [0.29, 0.717) is 12.0 Å². The lowest BCUT2D eigenvalue weighted by Gasteiger charge is -2.10. The zero-order valence-corrected chi connectivity index (χ0v) is 14.6. The second kappa shape index (κ2) is 7.97. The van der Waals surface area contributed by atoms with E-state index in [-0.39, 0.29) is 11.8 Å². The van der Waals surface area contributed by atoms with Gasteiger partial charge in [-0.15, -0.1) is 0 Å². The van der Waals surface area contributed by atoms with E-state index in [2.05, 4.69) is 29.7 Å². The summed E-state index contributed by atoms with van der Waals surface area (Å²) in [6.07, 6.45) is 5.57. The molecule has 3 rings (SSSR count). The largest absolute Gasteiger partial charge is 0.326 e. The van der Waals surface area contributed by atoms with Gasteiger partial charge in [-0.2, -0.15) is 0 Å². The van der Waals surface area contributed by atoms with Gasteiger partial charge < -0.3 is 10.6 Å². The molecule has 0 fully saturated rings. The lowest BCUT2D eigenvalue weighted by Crippen LogP contribution is -2.13. The van der Waals surface area contributed by atoms with Crippen molar-refractivity contribution in [2.75, 3.05) is 10.6 Å². The van der Waals surface area contributed by atoms with Gasteiger partial charge in [0.1, 0.15) is 0 Å². The molecule has 130 valence electrons. The van der Waals surface area contributed by atoms with Crippen LogP contribution < -0.4 is 10.6 Å². The van der Waals surface area contributed by atoms with Crippen molar-refractivity contribution in [3.8, 4) is 0 Å². The molecule has 4 heteroatoms. The summed E-state index contributed by atoms with van der Waals surface area (Å²) in [7, 11) is 0. The third-order valence-electron chi connectivity index (χ3n) is 4.52. The molecular weight excluding hydrogens is 312 g/mol. The topological polar surface area (TPSA) is 58.2 Å². The molecule has 25 heavy (non-hydrogen) atoms. The lowest BCUT2D eigenvalue weighted by atomic mass is 10.0. The Hall–Kier alpha value is -2.62. The highest BCUT2D eigenvalue weighted by Gasteiger charge is 2.15. The highest BCUT2D eigenvalue weighted by atomic mass is 16.2. The molecular formula is C21H24N2O2. The Labute approximate surface area is 148 Å². The maximum Gasteiger partial charge on any atom is 0.255 e. The molecule has 0 spiro atoms. The number of nitrogens with one attached hydrogen (secondary N) is 2. The van der Waals surface area contributed by atoms with Gasteiger partial charge in [0.25, 0.3) is 5.91 Å². The van der Waals surface area contributed by atoms with Crippen LogP contribution in [-0.2, 0) is 17.6 Å². The molecule has 1 aliphatic rings. The van der Waals surface area contributed by atoms with E-state index >= 15 is 0 Å². The molecule has 2 aromatic carbocycles. The monoisotopic (exact) mass is 336 g/mol. The summed E-state index contributed by atoms with van der Waals surface area (Å²) in [6, 6.07) is 13.5. The number of anilines is 2. The van der Waals surface area contributed by atoms with Gasteiger partial charge in [0.2, 0.25) is 5.91 Å². The third kappa shape index (κ3) is 4.47. The first-order chi connectivity index (χ1) is 12.2. The number of rotatable bonds is 5. The zero-order chi connectivity index (χ0) is 17.6. The Morgan fingerprint density at radius 1 is 1.12 bits per heavy atom. The number of carbonyl (C=O) groups is 2. The summed E-state index contributed by atoms with van der Waals surface area (Å²) in [5.41, 5.74) is 4.55. The third-order valence-corrected chi connectivity index (χ3v) is 4.52. The van der Waals surface area contributed by atoms with Crippen molar-refractivity contribution in [3.63, 3.8) is 0 Å². The average Bonchev–Trinajstić information content (AvgIpc) is 2.81. The number of amides is 2. The molecule has 2 aromatic rings. The van der Waals surface area contributed by atoms with Crippen LogP contribution in [0.4, 0.5) is 11.4 Å². The molecule has 2 amide bonds. The smallest absolute Gasteiger partial charge is 0.255 e. The lowest BCUT2D eigenvalue weighted by molar-refractivity contribution is -0.116.